The van der Waals surface area contributed by atoms with Crippen LogP contribution in [0.2, 0.25) is 5.02 Å². The molecule has 0 radical (unpaired) electrons. The van der Waals surface area contributed by atoms with Crippen LogP contribution < -0.4 is 5.32 Å². The summed E-state index contributed by atoms with van der Waals surface area (Å²) >= 11 is 7.40. The van der Waals surface area contributed by atoms with Crippen LogP contribution >= 0.6 is 23.4 Å². The zero-order valence-corrected chi connectivity index (χ0v) is 9.50. The first-order valence-corrected chi connectivity index (χ1v) is 5.48. The van der Waals surface area contributed by atoms with Gasteiger partial charge in [-0.3, -0.25) is 4.79 Å². The maximum absolute atomic E-state index is 11.6. The van der Waals surface area contributed by atoms with Crippen molar-refractivity contribution in [1.82, 2.24) is 0 Å². The molecule has 0 bridgehead atoms. The Hall–Kier alpha value is -0.670. The highest BCUT2D eigenvalue weighted by atomic mass is 35.5. The van der Waals surface area contributed by atoms with Gasteiger partial charge in [-0.05, 0) is 32.0 Å². The normalized spacial score (nSPS) is 18.6. The zero-order valence-electron chi connectivity index (χ0n) is 7.93. The van der Waals surface area contributed by atoms with Crippen LogP contribution in [-0.4, -0.2) is 10.7 Å². The van der Waals surface area contributed by atoms with Gasteiger partial charge in [-0.15, -0.1) is 11.8 Å². The van der Waals surface area contributed by atoms with Crippen LogP contribution in [0.1, 0.15) is 13.8 Å². The summed E-state index contributed by atoms with van der Waals surface area (Å²) in [5.41, 5.74) is 0.812. The fourth-order valence-electron chi connectivity index (χ4n) is 1.28. The van der Waals surface area contributed by atoms with Gasteiger partial charge in [0.05, 0.1) is 10.4 Å². The summed E-state index contributed by atoms with van der Waals surface area (Å²) < 4.78 is -0.402. The molecule has 0 aliphatic carbocycles. The second-order valence-electron chi connectivity index (χ2n) is 3.71. The van der Waals surface area contributed by atoms with Gasteiger partial charge in [-0.1, -0.05) is 11.6 Å². The minimum absolute atomic E-state index is 0.0252. The maximum atomic E-state index is 11.6. The summed E-state index contributed by atoms with van der Waals surface area (Å²) in [6, 6.07) is 5.54. The lowest BCUT2D eigenvalue weighted by Crippen LogP contribution is -2.36. The van der Waals surface area contributed by atoms with E-state index in [-0.39, 0.29) is 5.91 Å². The highest BCUT2D eigenvalue weighted by molar-refractivity contribution is 8.01. The Bertz CT molecular complexity index is 403. The first kappa shape index (κ1) is 9.87. The van der Waals surface area contributed by atoms with Crippen LogP contribution in [0.25, 0.3) is 0 Å². The number of rotatable bonds is 0. The van der Waals surface area contributed by atoms with Gasteiger partial charge in [-0.2, -0.15) is 0 Å². The molecule has 1 aliphatic rings. The van der Waals surface area contributed by atoms with Crippen molar-refractivity contribution in [3.8, 4) is 0 Å². The fraction of sp³-hybridized carbons (Fsp3) is 0.300. The van der Waals surface area contributed by atoms with Crippen LogP contribution in [0.3, 0.4) is 0 Å². The van der Waals surface area contributed by atoms with Gasteiger partial charge in [0.2, 0.25) is 5.91 Å². The van der Waals surface area contributed by atoms with Crippen molar-refractivity contribution in [3.63, 3.8) is 0 Å². The maximum Gasteiger partial charge on any atom is 0.240 e. The highest BCUT2D eigenvalue weighted by Crippen LogP contribution is 2.42. The number of hydrogen-bond acceptors (Lipinski definition) is 2. The summed E-state index contributed by atoms with van der Waals surface area (Å²) in [5.74, 6) is 0.0252. The molecule has 0 fully saturated rings. The topological polar surface area (TPSA) is 29.1 Å². The van der Waals surface area contributed by atoms with E-state index in [1.165, 1.54) is 0 Å². The van der Waals surface area contributed by atoms with E-state index in [9.17, 15) is 4.79 Å². The lowest BCUT2D eigenvalue weighted by atomic mass is 10.1. The molecule has 0 unspecified atom stereocenters. The van der Waals surface area contributed by atoms with E-state index >= 15 is 0 Å². The van der Waals surface area contributed by atoms with Crippen LogP contribution in [0.15, 0.2) is 23.1 Å². The molecule has 1 heterocycles. The van der Waals surface area contributed by atoms with Crippen molar-refractivity contribution in [2.75, 3.05) is 5.32 Å². The van der Waals surface area contributed by atoms with Crippen molar-refractivity contribution in [2.24, 2.45) is 0 Å². The fourth-order valence-corrected chi connectivity index (χ4v) is 2.50. The van der Waals surface area contributed by atoms with Crippen LogP contribution in [0.5, 0.6) is 0 Å². The first-order valence-electron chi connectivity index (χ1n) is 4.29. The van der Waals surface area contributed by atoms with E-state index in [2.05, 4.69) is 5.32 Å². The van der Waals surface area contributed by atoms with E-state index < -0.39 is 4.75 Å². The number of amides is 1. The summed E-state index contributed by atoms with van der Waals surface area (Å²) in [6.45, 7) is 3.81. The van der Waals surface area contributed by atoms with Gasteiger partial charge in [0.1, 0.15) is 0 Å². The largest absolute Gasteiger partial charge is 0.324 e. The molecule has 0 spiro atoms. The third kappa shape index (κ3) is 1.62. The molecule has 0 saturated carbocycles. The number of halogens is 1. The van der Waals surface area contributed by atoms with Gasteiger partial charge >= 0.3 is 0 Å². The monoisotopic (exact) mass is 227 g/mol. The molecule has 2 rings (SSSR count). The number of nitrogens with one attached hydrogen (secondary N) is 1. The Morgan fingerprint density at radius 2 is 2.14 bits per heavy atom. The quantitative estimate of drug-likeness (QED) is 0.738. The molecule has 0 atom stereocenters. The predicted octanol–water partition coefficient (Wildman–Crippen LogP) is 3.16. The Morgan fingerprint density at radius 1 is 1.43 bits per heavy atom. The predicted molar refractivity (Wildman–Crippen MR) is 60.0 cm³/mol. The molecule has 2 nitrogen and oxygen atoms in total. The molecule has 1 aromatic carbocycles. The molecule has 1 amide bonds. The Morgan fingerprint density at radius 3 is 2.86 bits per heavy atom. The summed E-state index contributed by atoms with van der Waals surface area (Å²) in [6.07, 6.45) is 0. The van der Waals surface area contributed by atoms with Crippen molar-refractivity contribution in [3.05, 3.63) is 23.2 Å². The highest BCUT2D eigenvalue weighted by Gasteiger charge is 2.34. The standard InChI is InChI=1S/C10H10ClNOS/c1-10(2)9(13)12-7-5-6(11)3-4-8(7)14-10/h3-5H,1-2H3,(H,12,13). The number of fused-ring (bicyclic) bond motifs is 1. The molecule has 1 N–H and O–H groups in total. The smallest absolute Gasteiger partial charge is 0.240 e. The van der Waals surface area contributed by atoms with Gasteiger partial charge in [-0.25, -0.2) is 0 Å². The minimum Gasteiger partial charge on any atom is -0.324 e. The zero-order chi connectivity index (χ0) is 10.3. The number of carbonyl (C=O) groups is 1. The lowest BCUT2D eigenvalue weighted by Gasteiger charge is -2.29. The SMILES string of the molecule is CC1(C)Sc2ccc(Cl)cc2NC1=O. The number of hydrogen-bond donors (Lipinski definition) is 1. The molecule has 0 aromatic heterocycles. The van der Waals surface area contributed by atoms with Crippen LogP contribution in [0.4, 0.5) is 5.69 Å². The average molecular weight is 228 g/mol. The number of carbonyl (C=O) groups excluding carboxylic acids is 1. The van der Waals surface area contributed by atoms with Crippen molar-refractivity contribution in [2.45, 2.75) is 23.5 Å². The third-order valence-electron chi connectivity index (χ3n) is 2.10. The molecule has 74 valence electrons. The molecule has 1 aromatic rings. The average Bonchev–Trinajstić information content (AvgIpc) is 2.08. The summed E-state index contributed by atoms with van der Waals surface area (Å²) in [7, 11) is 0. The number of thioether (sulfide) groups is 1. The van der Waals surface area contributed by atoms with E-state index in [1.807, 2.05) is 26.0 Å². The summed E-state index contributed by atoms with van der Waals surface area (Å²) in [4.78, 5) is 12.7. The van der Waals surface area contributed by atoms with E-state index in [1.54, 1.807) is 17.8 Å². The molecule has 4 heteroatoms. The first-order chi connectivity index (χ1) is 6.49. The second kappa shape index (κ2) is 3.17. The lowest BCUT2D eigenvalue weighted by molar-refractivity contribution is -0.117. The van der Waals surface area contributed by atoms with Crippen molar-refractivity contribution < 1.29 is 4.79 Å². The van der Waals surface area contributed by atoms with Crippen LogP contribution in [-0.2, 0) is 4.79 Å². The van der Waals surface area contributed by atoms with Gasteiger partial charge in [0, 0.05) is 9.92 Å². The van der Waals surface area contributed by atoms with Crippen molar-refractivity contribution >= 4 is 35.0 Å². The number of anilines is 1. The minimum atomic E-state index is -0.402. The van der Waals surface area contributed by atoms with Crippen LogP contribution in [0, 0.1) is 0 Å². The summed E-state index contributed by atoms with van der Waals surface area (Å²) in [5, 5.41) is 3.49. The molecule has 14 heavy (non-hydrogen) atoms. The Balaban J connectivity index is 2.46. The molecular weight excluding hydrogens is 218 g/mol. The second-order valence-corrected chi connectivity index (χ2v) is 5.81. The third-order valence-corrected chi connectivity index (χ3v) is 3.61. The van der Waals surface area contributed by atoms with Gasteiger partial charge < -0.3 is 5.32 Å². The van der Waals surface area contributed by atoms with E-state index in [0.717, 1.165) is 10.6 Å². The number of benzene rings is 1. The Kier molecular flexibility index (Phi) is 2.24. The van der Waals surface area contributed by atoms with Crippen molar-refractivity contribution in [1.29, 1.82) is 0 Å². The molecule has 1 aliphatic heterocycles. The molecular formula is C10H10ClNOS. The molecule has 0 saturated heterocycles. The van der Waals surface area contributed by atoms with Gasteiger partial charge in [0.25, 0.3) is 0 Å². The Labute approximate surface area is 92.0 Å². The van der Waals surface area contributed by atoms with E-state index in [4.69, 9.17) is 11.6 Å². The van der Waals surface area contributed by atoms with E-state index in [0.29, 0.717) is 5.02 Å². The van der Waals surface area contributed by atoms with Gasteiger partial charge in [0.15, 0.2) is 0 Å².